The van der Waals surface area contributed by atoms with Gasteiger partial charge in [0.2, 0.25) is 18.3 Å². The van der Waals surface area contributed by atoms with Crippen LogP contribution in [0.3, 0.4) is 0 Å². The third kappa shape index (κ3) is 12.5. The second-order valence-electron chi connectivity index (χ2n) is 11.7. The molecule has 0 unspecified atom stereocenters. The molecule has 0 atom stereocenters. The zero-order valence-corrected chi connectivity index (χ0v) is 27.6. The molecule has 1 aliphatic rings. The smallest absolute Gasteiger partial charge is 0.250 e. The molecule has 39 heavy (non-hydrogen) atoms. The number of hydrogen-bond donors (Lipinski definition) is 0. The number of hydrogen-bond acceptors (Lipinski definition) is 3. The maximum absolute atomic E-state index is 13.4. The lowest BCUT2D eigenvalue weighted by Crippen LogP contribution is -2.35. The highest BCUT2D eigenvalue weighted by atomic mass is 32.2. The van der Waals surface area contributed by atoms with Gasteiger partial charge in [0, 0.05) is 19.5 Å². The molecule has 0 spiro atoms. The summed E-state index contributed by atoms with van der Waals surface area (Å²) in [6.45, 7) is 10.3. The summed E-state index contributed by atoms with van der Waals surface area (Å²) >= 11 is 0. The van der Waals surface area contributed by atoms with Gasteiger partial charge in [0.1, 0.15) is 0 Å². The zero-order valence-electron chi connectivity index (χ0n) is 25.8. The van der Waals surface area contributed by atoms with Gasteiger partial charge < -0.3 is 4.43 Å². The zero-order chi connectivity index (χ0) is 28.4. The lowest BCUT2D eigenvalue weighted by Gasteiger charge is -2.30. The van der Waals surface area contributed by atoms with Crippen LogP contribution in [0.4, 0.5) is 0 Å². The molecule has 0 amide bonds. The first-order valence-electron chi connectivity index (χ1n) is 16.3. The highest BCUT2D eigenvalue weighted by Gasteiger charge is 2.31. The van der Waals surface area contributed by atoms with Crippen LogP contribution in [-0.4, -0.2) is 34.1 Å². The summed E-state index contributed by atoms with van der Waals surface area (Å²) in [7, 11) is -5.04. The largest absolute Gasteiger partial charge is 0.547 e. The molecular weight excluding hydrogens is 519 g/mol. The van der Waals surface area contributed by atoms with Gasteiger partial charge in [-0.3, -0.25) is 0 Å². The number of sulfonamides is 1. The molecule has 0 saturated heterocycles. The Morgan fingerprint density at radius 2 is 1.15 bits per heavy atom. The van der Waals surface area contributed by atoms with Crippen molar-refractivity contribution in [1.82, 2.24) is 4.31 Å². The maximum atomic E-state index is 13.4. The van der Waals surface area contributed by atoms with Gasteiger partial charge in [0.25, 0.3) is 0 Å². The van der Waals surface area contributed by atoms with Crippen molar-refractivity contribution in [2.75, 3.05) is 13.1 Å². The Hall–Kier alpha value is -1.11. The van der Waals surface area contributed by atoms with Crippen LogP contribution >= 0.6 is 0 Å². The lowest BCUT2D eigenvalue weighted by molar-refractivity contribution is 0.373. The molecule has 1 aliphatic heterocycles. The van der Waals surface area contributed by atoms with Gasteiger partial charge in [-0.2, -0.15) is 4.31 Å². The average Bonchev–Trinajstić information content (AvgIpc) is 2.94. The first-order valence-corrected chi connectivity index (χ1v) is 20.3. The van der Waals surface area contributed by atoms with Crippen molar-refractivity contribution in [3.05, 3.63) is 41.7 Å². The topological polar surface area (TPSA) is 46.6 Å². The van der Waals surface area contributed by atoms with Crippen LogP contribution in [0.25, 0.3) is 0 Å². The Bertz CT molecular complexity index is 901. The Labute approximate surface area is 243 Å². The maximum Gasteiger partial charge on any atom is 0.250 e. The number of benzene rings is 1. The van der Waals surface area contributed by atoms with Crippen molar-refractivity contribution in [3.8, 4) is 0 Å². The van der Waals surface area contributed by atoms with Crippen LogP contribution < -0.4 is 0 Å². The average molecular weight is 578 g/mol. The monoisotopic (exact) mass is 577 g/mol. The Morgan fingerprint density at radius 3 is 1.67 bits per heavy atom. The molecular formula is C33H59NO3SSi. The number of allylic oxidation sites excluding steroid dienone is 2. The van der Waals surface area contributed by atoms with Gasteiger partial charge in [-0.25, -0.2) is 8.42 Å². The molecule has 4 nitrogen and oxygen atoms in total. The Morgan fingerprint density at radius 1 is 0.692 bits per heavy atom. The van der Waals surface area contributed by atoms with Crippen molar-refractivity contribution in [3.63, 3.8) is 0 Å². The molecule has 0 radical (unpaired) electrons. The molecule has 0 fully saturated rings. The van der Waals surface area contributed by atoms with Crippen LogP contribution in [0.5, 0.6) is 0 Å². The second kappa shape index (κ2) is 19.1. The minimum atomic E-state index is -3.43. The lowest BCUT2D eigenvalue weighted by atomic mass is 10.1. The second-order valence-corrected chi connectivity index (χ2v) is 18.4. The van der Waals surface area contributed by atoms with Gasteiger partial charge >= 0.3 is 0 Å². The van der Waals surface area contributed by atoms with Crippen LogP contribution in [-0.2, 0) is 14.4 Å². The van der Waals surface area contributed by atoms with Gasteiger partial charge in [-0.1, -0.05) is 103 Å². The summed E-state index contributed by atoms with van der Waals surface area (Å²) < 4.78 is 35.4. The van der Waals surface area contributed by atoms with E-state index in [9.17, 15) is 8.42 Å². The summed E-state index contributed by atoms with van der Waals surface area (Å²) in [5, 5.41) is 0. The molecule has 1 heterocycles. The summed E-state index contributed by atoms with van der Waals surface area (Å²) in [6.07, 6.45) is 21.2. The number of aryl methyl sites for hydroxylation is 1. The van der Waals surface area contributed by atoms with Crippen molar-refractivity contribution < 1.29 is 12.8 Å². The SMILES string of the molecule is CC[Si](CC)(CC)O/C1=C\CCCCCCCCCN(S(=O)(=O)c2ccc(C)cc2)CCCCCCCCC1. The van der Waals surface area contributed by atoms with E-state index in [0.717, 1.165) is 44.1 Å². The Balaban J connectivity index is 1.94. The van der Waals surface area contributed by atoms with Gasteiger partial charge in [0.15, 0.2) is 0 Å². The van der Waals surface area contributed by atoms with E-state index in [0.29, 0.717) is 18.0 Å². The molecule has 0 aliphatic carbocycles. The van der Waals surface area contributed by atoms with Crippen molar-refractivity contribution in [2.24, 2.45) is 0 Å². The molecule has 0 bridgehead atoms. The van der Waals surface area contributed by atoms with E-state index >= 15 is 0 Å². The Kier molecular flexibility index (Phi) is 16.7. The van der Waals surface area contributed by atoms with Crippen LogP contribution in [0.1, 0.15) is 129 Å². The summed E-state index contributed by atoms with van der Waals surface area (Å²) in [5.74, 6) is 1.30. The minimum Gasteiger partial charge on any atom is -0.547 e. The van der Waals surface area contributed by atoms with E-state index in [2.05, 4.69) is 26.8 Å². The van der Waals surface area contributed by atoms with Crippen LogP contribution in [0.15, 0.2) is 41.0 Å². The minimum absolute atomic E-state index is 0.437. The summed E-state index contributed by atoms with van der Waals surface area (Å²) in [6, 6.07) is 11.0. The van der Waals surface area contributed by atoms with Crippen LogP contribution in [0.2, 0.25) is 18.1 Å². The summed E-state index contributed by atoms with van der Waals surface area (Å²) in [5.41, 5.74) is 1.09. The van der Waals surface area contributed by atoms with E-state index in [4.69, 9.17) is 4.43 Å². The summed E-state index contributed by atoms with van der Waals surface area (Å²) in [4.78, 5) is 0.437. The van der Waals surface area contributed by atoms with Crippen molar-refractivity contribution in [1.29, 1.82) is 0 Å². The standard InChI is InChI=1S/C33H59NO3SSi/c1-5-39(6-2,7-3)37-32-23-19-15-11-8-9-13-17-21-29-34(30-22-18-14-10-12-16-20-24-32)38(35,36)33-27-25-31(4)26-28-33/h23,25-28H,5-22,24,29-30H2,1-4H3/b32-23-. The predicted molar refractivity (Wildman–Crippen MR) is 170 cm³/mol. The first kappa shape index (κ1) is 34.1. The van der Waals surface area contributed by atoms with Crippen molar-refractivity contribution in [2.45, 2.75) is 153 Å². The van der Waals surface area contributed by atoms with Gasteiger partial charge in [0.05, 0.1) is 10.7 Å². The van der Waals surface area contributed by atoms with E-state index < -0.39 is 18.3 Å². The van der Waals surface area contributed by atoms with E-state index in [1.54, 1.807) is 16.4 Å². The quantitative estimate of drug-likeness (QED) is 0.303. The third-order valence-electron chi connectivity index (χ3n) is 8.75. The van der Waals surface area contributed by atoms with Gasteiger partial charge in [-0.15, -0.1) is 0 Å². The molecule has 0 aromatic heterocycles. The number of nitrogens with zero attached hydrogens (tertiary/aromatic N) is 1. The molecule has 0 N–H and O–H groups in total. The molecule has 224 valence electrons. The van der Waals surface area contributed by atoms with Gasteiger partial charge in [-0.05, 0) is 75.4 Å². The fourth-order valence-electron chi connectivity index (χ4n) is 5.70. The first-order chi connectivity index (χ1) is 18.9. The molecule has 2 rings (SSSR count). The molecule has 1 aromatic rings. The van der Waals surface area contributed by atoms with Crippen LogP contribution in [0, 0.1) is 6.92 Å². The molecule has 1 aromatic carbocycles. The fraction of sp³-hybridized carbons (Fsp3) is 0.758. The molecule has 6 heteroatoms. The van der Waals surface area contributed by atoms with E-state index in [1.807, 2.05) is 19.1 Å². The van der Waals surface area contributed by atoms with E-state index in [1.165, 1.54) is 88.1 Å². The highest BCUT2D eigenvalue weighted by Crippen LogP contribution is 2.28. The third-order valence-corrected chi connectivity index (χ3v) is 15.2. The number of rotatable bonds is 7. The predicted octanol–water partition coefficient (Wildman–Crippen LogP) is 10.1. The normalized spacial score (nSPS) is 20.9. The van der Waals surface area contributed by atoms with E-state index in [-0.39, 0.29) is 0 Å². The van der Waals surface area contributed by atoms with Crippen molar-refractivity contribution >= 4 is 18.3 Å². The fourth-order valence-corrected chi connectivity index (χ4v) is 9.89. The molecule has 0 saturated carbocycles. The highest BCUT2D eigenvalue weighted by molar-refractivity contribution is 7.89.